The van der Waals surface area contributed by atoms with Crippen LogP contribution in [-0.2, 0) is 0 Å². The molecule has 0 aromatic heterocycles. The Morgan fingerprint density at radius 2 is 1.18 bits per heavy atom. The molecule has 2 fully saturated rings. The summed E-state index contributed by atoms with van der Waals surface area (Å²) in [7, 11) is 0. The van der Waals surface area contributed by atoms with Gasteiger partial charge in [0.2, 0.25) is 0 Å². The Kier molecular flexibility index (Phi) is 3.10. The predicted molar refractivity (Wildman–Crippen MR) is 80.2 cm³/mol. The van der Waals surface area contributed by atoms with Crippen LogP contribution < -0.4 is 0 Å². The minimum atomic E-state index is -0.322. The fourth-order valence-corrected chi connectivity index (χ4v) is 3.19. The van der Waals surface area contributed by atoms with E-state index in [0.717, 1.165) is 25.7 Å². The van der Waals surface area contributed by atoms with E-state index in [9.17, 15) is 13.6 Å². The highest BCUT2D eigenvalue weighted by molar-refractivity contribution is 6.11. The quantitative estimate of drug-likeness (QED) is 0.730. The van der Waals surface area contributed by atoms with Gasteiger partial charge in [-0.25, -0.2) is 8.78 Å². The molecule has 2 saturated carbocycles. The second-order valence-corrected chi connectivity index (χ2v) is 6.28. The maximum Gasteiger partial charge on any atom is 0.193 e. The fraction of sp³-hybridized carbons (Fsp3) is 0.316. The summed E-state index contributed by atoms with van der Waals surface area (Å²) in [5.74, 6) is -0.616. The van der Waals surface area contributed by atoms with E-state index in [4.69, 9.17) is 0 Å². The van der Waals surface area contributed by atoms with Crippen molar-refractivity contribution < 1.29 is 13.6 Å². The van der Waals surface area contributed by atoms with E-state index in [-0.39, 0.29) is 29.3 Å². The zero-order chi connectivity index (χ0) is 15.3. The summed E-state index contributed by atoms with van der Waals surface area (Å²) in [5, 5.41) is 0. The van der Waals surface area contributed by atoms with Gasteiger partial charge in [-0.3, -0.25) is 4.79 Å². The van der Waals surface area contributed by atoms with E-state index in [0.29, 0.717) is 22.3 Å². The summed E-state index contributed by atoms with van der Waals surface area (Å²) < 4.78 is 28.3. The Morgan fingerprint density at radius 3 is 1.55 bits per heavy atom. The van der Waals surface area contributed by atoms with Crippen molar-refractivity contribution >= 4 is 5.78 Å². The molecule has 0 spiro atoms. The van der Waals surface area contributed by atoms with Crippen molar-refractivity contribution in [3.8, 4) is 0 Å². The predicted octanol–water partition coefficient (Wildman–Crippen LogP) is 4.95. The number of halogens is 2. The van der Waals surface area contributed by atoms with Crippen LogP contribution in [0.1, 0.15) is 64.6 Å². The molecule has 2 aromatic carbocycles. The maximum absolute atomic E-state index is 14.1. The standard InChI is InChI=1S/C19H16F2O/c20-15-5-1-3-13(17(15)11-7-8-11)19(22)14-4-2-6-16(21)18(14)12-9-10-12/h1-6,11-12H,7-10H2. The third kappa shape index (κ3) is 2.25. The molecule has 22 heavy (non-hydrogen) atoms. The minimum absolute atomic E-state index is 0.137. The van der Waals surface area contributed by atoms with Crippen LogP contribution in [0, 0.1) is 11.6 Å². The maximum atomic E-state index is 14.1. The highest BCUT2D eigenvalue weighted by atomic mass is 19.1. The van der Waals surface area contributed by atoms with Crippen molar-refractivity contribution in [3.05, 3.63) is 70.3 Å². The van der Waals surface area contributed by atoms with Crippen LogP contribution in [0.3, 0.4) is 0 Å². The van der Waals surface area contributed by atoms with Gasteiger partial charge in [-0.2, -0.15) is 0 Å². The minimum Gasteiger partial charge on any atom is -0.289 e. The lowest BCUT2D eigenvalue weighted by Gasteiger charge is -2.12. The topological polar surface area (TPSA) is 17.1 Å². The highest BCUT2D eigenvalue weighted by Crippen LogP contribution is 2.45. The first-order valence-corrected chi connectivity index (χ1v) is 7.78. The lowest BCUT2D eigenvalue weighted by molar-refractivity contribution is 0.103. The Bertz CT molecular complexity index is 695. The van der Waals surface area contributed by atoms with Gasteiger partial charge in [0.1, 0.15) is 11.6 Å². The number of hydrogen-bond acceptors (Lipinski definition) is 1. The molecule has 4 rings (SSSR count). The van der Waals surface area contributed by atoms with Gasteiger partial charge in [0, 0.05) is 22.3 Å². The van der Waals surface area contributed by atoms with Crippen molar-refractivity contribution in [2.45, 2.75) is 37.5 Å². The van der Waals surface area contributed by atoms with Gasteiger partial charge in [-0.15, -0.1) is 0 Å². The van der Waals surface area contributed by atoms with Crippen molar-refractivity contribution in [2.75, 3.05) is 0 Å². The van der Waals surface area contributed by atoms with Crippen LogP contribution in [0.25, 0.3) is 0 Å². The van der Waals surface area contributed by atoms with Gasteiger partial charge in [0.15, 0.2) is 5.78 Å². The number of ketones is 1. The molecular weight excluding hydrogens is 282 g/mol. The molecule has 0 unspecified atom stereocenters. The van der Waals surface area contributed by atoms with Gasteiger partial charge in [-0.05, 0) is 49.7 Å². The largest absolute Gasteiger partial charge is 0.289 e. The van der Waals surface area contributed by atoms with Gasteiger partial charge in [0.25, 0.3) is 0 Å². The van der Waals surface area contributed by atoms with E-state index >= 15 is 0 Å². The van der Waals surface area contributed by atoms with Gasteiger partial charge in [0.05, 0.1) is 0 Å². The van der Waals surface area contributed by atoms with Crippen molar-refractivity contribution in [2.24, 2.45) is 0 Å². The molecule has 0 atom stereocenters. The zero-order valence-corrected chi connectivity index (χ0v) is 12.1. The lowest BCUT2D eigenvalue weighted by Crippen LogP contribution is -2.10. The SMILES string of the molecule is O=C(c1cccc(F)c1C1CC1)c1cccc(F)c1C1CC1. The zero-order valence-electron chi connectivity index (χ0n) is 12.1. The fourth-order valence-electron chi connectivity index (χ4n) is 3.19. The molecule has 1 nitrogen and oxygen atoms in total. The molecule has 112 valence electrons. The average Bonchev–Trinajstić information content (AvgIpc) is 3.37. The van der Waals surface area contributed by atoms with Crippen LogP contribution in [0.5, 0.6) is 0 Å². The monoisotopic (exact) mass is 298 g/mol. The molecule has 0 amide bonds. The molecule has 2 aliphatic carbocycles. The molecule has 2 aromatic rings. The Hall–Kier alpha value is -2.03. The van der Waals surface area contributed by atoms with E-state index in [1.807, 2.05) is 0 Å². The molecule has 0 heterocycles. The third-order valence-corrected chi connectivity index (χ3v) is 4.57. The molecule has 3 heteroatoms. The average molecular weight is 298 g/mol. The molecule has 0 bridgehead atoms. The first kappa shape index (κ1) is 13.6. The molecule has 2 aliphatic rings. The van der Waals surface area contributed by atoms with E-state index in [2.05, 4.69) is 0 Å². The van der Waals surface area contributed by atoms with Gasteiger partial charge >= 0.3 is 0 Å². The first-order chi connectivity index (χ1) is 10.7. The van der Waals surface area contributed by atoms with Crippen LogP contribution in [0.15, 0.2) is 36.4 Å². The summed E-state index contributed by atoms with van der Waals surface area (Å²) in [4.78, 5) is 12.9. The third-order valence-electron chi connectivity index (χ3n) is 4.57. The summed E-state index contributed by atoms with van der Waals surface area (Å²) in [6.07, 6.45) is 3.67. The second-order valence-electron chi connectivity index (χ2n) is 6.28. The number of carbonyl (C=O) groups is 1. The van der Waals surface area contributed by atoms with Crippen LogP contribution >= 0.6 is 0 Å². The van der Waals surface area contributed by atoms with Gasteiger partial charge < -0.3 is 0 Å². The highest BCUT2D eigenvalue weighted by Gasteiger charge is 2.34. The van der Waals surface area contributed by atoms with E-state index < -0.39 is 0 Å². The summed E-state index contributed by atoms with van der Waals surface area (Å²) in [6.45, 7) is 0. The number of rotatable bonds is 4. The summed E-state index contributed by atoms with van der Waals surface area (Å²) in [5.41, 5.74) is 1.82. The number of benzene rings is 2. The van der Waals surface area contributed by atoms with E-state index in [1.54, 1.807) is 24.3 Å². The Labute approximate surface area is 128 Å². The smallest absolute Gasteiger partial charge is 0.193 e. The molecule has 0 N–H and O–H groups in total. The Balaban J connectivity index is 1.83. The first-order valence-electron chi connectivity index (χ1n) is 7.78. The second kappa shape index (κ2) is 5.01. The van der Waals surface area contributed by atoms with Crippen molar-refractivity contribution in [3.63, 3.8) is 0 Å². The van der Waals surface area contributed by atoms with Crippen molar-refractivity contribution in [1.82, 2.24) is 0 Å². The summed E-state index contributed by atoms with van der Waals surface area (Å²) in [6, 6.07) is 9.26. The summed E-state index contributed by atoms with van der Waals surface area (Å²) >= 11 is 0. The van der Waals surface area contributed by atoms with Crippen molar-refractivity contribution in [1.29, 1.82) is 0 Å². The Morgan fingerprint density at radius 1 is 0.773 bits per heavy atom. The van der Waals surface area contributed by atoms with Crippen LogP contribution in [-0.4, -0.2) is 5.78 Å². The molecule has 0 radical (unpaired) electrons. The van der Waals surface area contributed by atoms with Gasteiger partial charge in [-0.1, -0.05) is 24.3 Å². The molecule has 0 aliphatic heterocycles. The molecule has 0 saturated heterocycles. The van der Waals surface area contributed by atoms with Crippen LogP contribution in [0.2, 0.25) is 0 Å². The number of hydrogen-bond donors (Lipinski definition) is 0. The molecular formula is C19H16F2O. The normalized spacial score (nSPS) is 17.5. The van der Waals surface area contributed by atoms with E-state index in [1.165, 1.54) is 12.1 Å². The lowest BCUT2D eigenvalue weighted by atomic mass is 9.91. The van der Waals surface area contributed by atoms with Crippen LogP contribution in [0.4, 0.5) is 8.78 Å². The number of carbonyl (C=O) groups excluding carboxylic acids is 1.